The molecule has 3 N–H and O–H groups in total. The minimum absolute atomic E-state index is 0.0738. The average molecular weight is 365 g/mol. The third-order valence-electron chi connectivity index (χ3n) is 7.27. The Labute approximate surface area is 160 Å². The van der Waals surface area contributed by atoms with Gasteiger partial charge in [0.25, 0.3) is 0 Å². The van der Waals surface area contributed by atoms with E-state index in [1.54, 1.807) is 0 Å². The number of hydrazine groups is 1. The van der Waals surface area contributed by atoms with Gasteiger partial charge in [-0.3, -0.25) is 10.2 Å². The average Bonchev–Trinajstić information content (AvgIpc) is 3.40. The zero-order valence-corrected chi connectivity index (χ0v) is 15.5. The first-order valence-electron chi connectivity index (χ1n) is 10.3. The van der Waals surface area contributed by atoms with Crippen LogP contribution in [0.15, 0.2) is 30.3 Å². The highest BCUT2D eigenvalue weighted by Crippen LogP contribution is 2.41. The number of hydrogen-bond donors (Lipinski definition) is 3. The van der Waals surface area contributed by atoms with Crippen molar-refractivity contribution in [2.24, 2.45) is 11.8 Å². The van der Waals surface area contributed by atoms with Gasteiger partial charge in [-0.05, 0) is 50.0 Å². The highest BCUT2D eigenvalue weighted by atomic mass is 16.2. The topological polar surface area (TPSA) is 80.2 Å². The van der Waals surface area contributed by atoms with Gasteiger partial charge in [-0.1, -0.05) is 30.3 Å². The second kappa shape index (κ2) is 6.81. The summed E-state index contributed by atoms with van der Waals surface area (Å²) in [6, 6.07) is 12.0. The molecule has 0 radical (unpaired) electrons. The summed E-state index contributed by atoms with van der Waals surface area (Å²) in [5.74, 6) is 0.798. The van der Waals surface area contributed by atoms with Crippen molar-refractivity contribution in [2.45, 2.75) is 68.7 Å². The minimum atomic E-state index is 0.0738. The predicted molar refractivity (Wildman–Crippen MR) is 101 cm³/mol. The molecule has 3 aliphatic heterocycles. The molecule has 4 fully saturated rings. The molecule has 1 aromatic rings. The van der Waals surface area contributed by atoms with Gasteiger partial charge < -0.3 is 10.2 Å². The van der Waals surface area contributed by atoms with E-state index in [1.165, 1.54) is 5.56 Å². The summed E-state index contributed by atoms with van der Waals surface area (Å²) < 4.78 is 0. The highest BCUT2D eigenvalue weighted by molar-refractivity contribution is 5.79. The zero-order valence-electron chi connectivity index (χ0n) is 15.5. The van der Waals surface area contributed by atoms with Gasteiger partial charge in [-0.2, -0.15) is 5.26 Å². The van der Waals surface area contributed by atoms with E-state index in [1.807, 2.05) is 11.0 Å². The largest absolute Gasteiger partial charge is 0.351 e. The van der Waals surface area contributed by atoms with Gasteiger partial charge in [0.05, 0.1) is 18.1 Å². The monoisotopic (exact) mass is 365 g/mol. The molecule has 4 unspecified atom stereocenters. The molecule has 4 aliphatic rings. The van der Waals surface area contributed by atoms with Gasteiger partial charge in [0.1, 0.15) is 0 Å². The summed E-state index contributed by atoms with van der Waals surface area (Å²) in [5.41, 5.74) is 8.22. The van der Waals surface area contributed by atoms with E-state index in [-0.39, 0.29) is 23.9 Å². The molecular formula is C21H27N5O. The fraction of sp³-hybridized carbons (Fsp3) is 0.619. The fourth-order valence-corrected chi connectivity index (χ4v) is 5.89. The Morgan fingerprint density at radius 2 is 1.96 bits per heavy atom. The number of fused-ring (bicyclic) bond motifs is 3. The van der Waals surface area contributed by atoms with Crippen LogP contribution in [0.3, 0.4) is 0 Å². The number of carbonyl (C=O) groups is 1. The van der Waals surface area contributed by atoms with Gasteiger partial charge in [-0.25, -0.2) is 5.43 Å². The Morgan fingerprint density at radius 3 is 2.74 bits per heavy atom. The van der Waals surface area contributed by atoms with E-state index in [4.69, 9.17) is 0 Å². The Kier molecular flexibility index (Phi) is 4.30. The van der Waals surface area contributed by atoms with Crippen LogP contribution in [-0.2, 0) is 4.79 Å². The van der Waals surface area contributed by atoms with Crippen LogP contribution in [0.1, 0.15) is 50.1 Å². The lowest BCUT2D eigenvalue weighted by Gasteiger charge is -2.33. The molecule has 3 heterocycles. The number of carbonyl (C=O) groups excluding carboxylic acids is 1. The van der Waals surface area contributed by atoms with Crippen molar-refractivity contribution in [3.63, 3.8) is 0 Å². The van der Waals surface area contributed by atoms with Crippen LogP contribution in [0.4, 0.5) is 0 Å². The number of nitrogens with zero attached hydrogens (tertiary/aromatic N) is 2. The summed E-state index contributed by atoms with van der Waals surface area (Å²) in [7, 11) is 0. The molecular weight excluding hydrogens is 338 g/mol. The molecule has 142 valence electrons. The Balaban J connectivity index is 1.20. The zero-order chi connectivity index (χ0) is 18.4. The molecule has 1 amide bonds. The number of benzene rings is 1. The van der Waals surface area contributed by atoms with Crippen LogP contribution in [0.5, 0.6) is 0 Å². The van der Waals surface area contributed by atoms with Crippen LogP contribution >= 0.6 is 0 Å². The third-order valence-corrected chi connectivity index (χ3v) is 7.27. The van der Waals surface area contributed by atoms with E-state index >= 15 is 0 Å². The molecule has 0 spiro atoms. The van der Waals surface area contributed by atoms with Crippen LogP contribution in [0, 0.1) is 23.3 Å². The normalized spacial score (nSPS) is 39.8. The smallest absolute Gasteiger partial charge is 0.223 e. The lowest BCUT2D eigenvalue weighted by molar-refractivity contribution is -0.127. The summed E-state index contributed by atoms with van der Waals surface area (Å²) in [6.45, 7) is 0. The maximum absolute atomic E-state index is 12.9. The van der Waals surface area contributed by atoms with Gasteiger partial charge in [-0.15, -0.1) is 0 Å². The second-order valence-electron chi connectivity index (χ2n) is 8.61. The number of nitrogens with one attached hydrogen (secondary N) is 3. The van der Waals surface area contributed by atoms with Crippen molar-refractivity contribution in [1.29, 1.82) is 5.26 Å². The molecule has 1 aliphatic carbocycles. The van der Waals surface area contributed by atoms with Crippen molar-refractivity contribution in [1.82, 2.24) is 21.1 Å². The molecule has 27 heavy (non-hydrogen) atoms. The van der Waals surface area contributed by atoms with Gasteiger partial charge in [0, 0.05) is 18.0 Å². The lowest BCUT2D eigenvalue weighted by Crippen LogP contribution is -2.48. The molecule has 6 heteroatoms. The number of rotatable bonds is 3. The van der Waals surface area contributed by atoms with Gasteiger partial charge >= 0.3 is 0 Å². The molecule has 3 saturated heterocycles. The van der Waals surface area contributed by atoms with Crippen molar-refractivity contribution in [2.75, 3.05) is 0 Å². The SMILES string of the molecule is N#CN1[C@H]2CC[C@@H]1[C@H](NC(=O)C1CCC3C(C1)NNC3c1ccccc1)C2. The van der Waals surface area contributed by atoms with E-state index in [9.17, 15) is 10.1 Å². The third kappa shape index (κ3) is 2.90. The Bertz CT molecular complexity index is 747. The van der Waals surface area contributed by atoms with Gasteiger partial charge in [0.15, 0.2) is 6.19 Å². The summed E-state index contributed by atoms with van der Waals surface area (Å²) in [6.07, 6.45) is 8.26. The fourth-order valence-electron chi connectivity index (χ4n) is 5.89. The van der Waals surface area contributed by atoms with E-state index in [0.717, 1.165) is 38.5 Å². The van der Waals surface area contributed by atoms with Crippen molar-refractivity contribution in [3.8, 4) is 6.19 Å². The molecule has 7 atom stereocenters. The maximum Gasteiger partial charge on any atom is 0.223 e. The summed E-state index contributed by atoms with van der Waals surface area (Å²) in [4.78, 5) is 14.8. The molecule has 0 aromatic heterocycles. The van der Waals surface area contributed by atoms with E-state index in [2.05, 4.69) is 46.6 Å². The minimum Gasteiger partial charge on any atom is -0.351 e. The lowest BCUT2D eigenvalue weighted by atomic mass is 9.74. The van der Waals surface area contributed by atoms with Crippen LogP contribution in [-0.4, -0.2) is 35.0 Å². The van der Waals surface area contributed by atoms with E-state index < -0.39 is 0 Å². The highest BCUT2D eigenvalue weighted by Gasteiger charge is 2.48. The number of amides is 1. The molecule has 1 saturated carbocycles. The summed E-state index contributed by atoms with van der Waals surface area (Å²) in [5, 5.41) is 12.6. The van der Waals surface area contributed by atoms with Crippen LogP contribution in [0.25, 0.3) is 0 Å². The summed E-state index contributed by atoms with van der Waals surface area (Å²) >= 11 is 0. The predicted octanol–water partition coefficient (Wildman–Crippen LogP) is 1.82. The van der Waals surface area contributed by atoms with Crippen LogP contribution in [0.2, 0.25) is 0 Å². The van der Waals surface area contributed by atoms with Crippen molar-refractivity contribution >= 4 is 5.91 Å². The molecule has 2 bridgehead atoms. The van der Waals surface area contributed by atoms with Gasteiger partial charge in [0.2, 0.25) is 5.91 Å². The van der Waals surface area contributed by atoms with Crippen LogP contribution < -0.4 is 16.2 Å². The Morgan fingerprint density at radius 1 is 1.11 bits per heavy atom. The Hall–Kier alpha value is -2.10. The second-order valence-corrected chi connectivity index (χ2v) is 8.61. The van der Waals surface area contributed by atoms with E-state index in [0.29, 0.717) is 24.0 Å². The molecule has 5 rings (SSSR count). The van der Waals surface area contributed by atoms with Crippen molar-refractivity contribution < 1.29 is 4.79 Å². The standard InChI is InChI=1S/C21H27N5O/c22-12-26-15-7-9-19(26)18(11-15)23-21(27)14-6-8-16-17(10-14)24-25-20(16)13-4-2-1-3-5-13/h1-5,14-20,24-25H,6-11H2,(H,23,27)/t14?,15-,16?,17?,18+,19+,20?/m0/s1. The first kappa shape index (κ1) is 17.0. The van der Waals surface area contributed by atoms with Crippen molar-refractivity contribution in [3.05, 3.63) is 35.9 Å². The first-order chi connectivity index (χ1) is 13.2. The number of nitriles is 1. The maximum atomic E-state index is 12.9. The first-order valence-corrected chi connectivity index (χ1v) is 10.3. The number of hydrogen-bond acceptors (Lipinski definition) is 5. The quantitative estimate of drug-likeness (QED) is 0.712. The molecule has 6 nitrogen and oxygen atoms in total. The molecule has 1 aromatic carbocycles.